The Labute approximate surface area is 106 Å². The molecule has 0 aliphatic carbocycles. The van der Waals surface area contributed by atoms with Gasteiger partial charge in [-0.25, -0.2) is 0 Å². The molecule has 0 aromatic carbocycles. The SMILES string of the molecule is CCC1CCCN(CCCC(C)(O)CN)CC1. The Balaban J connectivity index is 2.19. The Kier molecular flexibility index (Phi) is 6.45. The lowest BCUT2D eigenvalue weighted by Gasteiger charge is -2.24. The summed E-state index contributed by atoms with van der Waals surface area (Å²) < 4.78 is 0. The van der Waals surface area contributed by atoms with Crippen LogP contribution in [0.3, 0.4) is 0 Å². The molecule has 2 unspecified atom stereocenters. The first-order chi connectivity index (χ1) is 8.07. The Morgan fingerprint density at radius 3 is 2.76 bits per heavy atom. The molecule has 1 aliphatic heterocycles. The Hall–Kier alpha value is -0.120. The second-order valence-corrected chi connectivity index (χ2v) is 5.85. The van der Waals surface area contributed by atoms with Crippen LogP contribution in [0, 0.1) is 5.92 Å². The van der Waals surface area contributed by atoms with Gasteiger partial charge in [0.1, 0.15) is 0 Å². The van der Waals surface area contributed by atoms with Crippen LogP contribution in [0.2, 0.25) is 0 Å². The summed E-state index contributed by atoms with van der Waals surface area (Å²) in [6.07, 6.45) is 7.29. The van der Waals surface area contributed by atoms with Gasteiger partial charge in [0, 0.05) is 6.54 Å². The highest BCUT2D eigenvalue weighted by atomic mass is 16.3. The summed E-state index contributed by atoms with van der Waals surface area (Å²) >= 11 is 0. The van der Waals surface area contributed by atoms with Crippen LogP contribution in [0.15, 0.2) is 0 Å². The van der Waals surface area contributed by atoms with Crippen molar-refractivity contribution >= 4 is 0 Å². The predicted octanol–water partition coefficient (Wildman–Crippen LogP) is 1.99. The van der Waals surface area contributed by atoms with Gasteiger partial charge in [0.25, 0.3) is 0 Å². The largest absolute Gasteiger partial charge is 0.389 e. The number of likely N-dealkylation sites (tertiary alicyclic amines) is 1. The second-order valence-electron chi connectivity index (χ2n) is 5.85. The molecule has 0 aromatic rings. The van der Waals surface area contributed by atoms with Gasteiger partial charge in [0.2, 0.25) is 0 Å². The van der Waals surface area contributed by atoms with Crippen molar-refractivity contribution in [3.8, 4) is 0 Å². The molecule has 3 N–H and O–H groups in total. The highest BCUT2D eigenvalue weighted by Crippen LogP contribution is 2.20. The number of rotatable bonds is 6. The van der Waals surface area contributed by atoms with Crippen molar-refractivity contribution in [1.29, 1.82) is 0 Å². The van der Waals surface area contributed by atoms with E-state index in [-0.39, 0.29) is 0 Å². The molecule has 3 heteroatoms. The van der Waals surface area contributed by atoms with Gasteiger partial charge in [-0.05, 0) is 64.6 Å². The molecule has 1 aliphatic rings. The number of nitrogens with zero attached hydrogens (tertiary/aromatic N) is 1. The molecule has 0 spiro atoms. The second kappa shape index (κ2) is 7.34. The van der Waals surface area contributed by atoms with Crippen molar-refractivity contribution < 1.29 is 5.11 Å². The summed E-state index contributed by atoms with van der Waals surface area (Å²) in [6.45, 7) is 8.10. The van der Waals surface area contributed by atoms with E-state index in [1.165, 1.54) is 38.8 Å². The molecule has 1 saturated heterocycles. The quantitative estimate of drug-likeness (QED) is 0.749. The normalized spacial score (nSPS) is 26.5. The first-order valence-electron chi connectivity index (χ1n) is 7.22. The van der Waals surface area contributed by atoms with Crippen molar-refractivity contribution in [3.05, 3.63) is 0 Å². The Bertz CT molecular complexity index is 206. The topological polar surface area (TPSA) is 49.5 Å². The van der Waals surface area contributed by atoms with Crippen molar-refractivity contribution in [2.24, 2.45) is 11.7 Å². The van der Waals surface area contributed by atoms with Crippen LogP contribution in [0.25, 0.3) is 0 Å². The number of hydrogen-bond acceptors (Lipinski definition) is 3. The molecule has 3 nitrogen and oxygen atoms in total. The van der Waals surface area contributed by atoms with Gasteiger partial charge in [-0.15, -0.1) is 0 Å². The van der Waals surface area contributed by atoms with Crippen LogP contribution in [0.5, 0.6) is 0 Å². The first kappa shape index (κ1) is 14.9. The summed E-state index contributed by atoms with van der Waals surface area (Å²) in [5.74, 6) is 0.937. The number of nitrogens with two attached hydrogens (primary N) is 1. The molecule has 1 heterocycles. The van der Waals surface area contributed by atoms with Crippen LogP contribution in [0.1, 0.15) is 52.4 Å². The summed E-state index contributed by atoms with van der Waals surface area (Å²) in [5.41, 5.74) is 4.85. The van der Waals surface area contributed by atoms with Gasteiger partial charge < -0.3 is 15.7 Å². The van der Waals surface area contributed by atoms with Gasteiger partial charge in [0.15, 0.2) is 0 Å². The predicted molar refractivity (Wildman–Crippen MR) is 73.0 cm³/mol. The third-order valence-corrected chi connectivity index (χ3v) is 4.15. The van der Waals surface area contributed by atoms with Crippen LogP contribution in [0.4, 0.5) is 0 Å². The smallest absolute Gasteiger partial charge is 0.0741 e. The molecule has 0 bridgehead atoms. The fourth-order valence-electron chi connectivity index (χ4n) is 2.64. The lowest BCUT2D eigenvalue weighted by molar-refractivity contribution is 0.0544. The molecular weight excluding hydrogens is 212 g/mol. The highest BCUT2D eigenvalue weighted by molar-refractivity contribution is 4.75. The molecule has 2 atom stereocenters. The van der Waals surface area contributed by atoms with Crippen molar-refractivity contribution in [1.82, 2.24) is 4.90 Å². The minimum atomic E-state index is -0.669. The summed E-state index contributed by atoms with van der Waals surface area (Å²) in [5, 5.41) is 9.84. The first-order valence-corrected chi connectivity index (χ1v) is 7.22. The fourth-order valence-corrected chi connectivity index (χ4v) is 2.64. The summed E-state index contributed by atoms with van der Waals surface area (Å²) in [7, 11) is 0. The lowest BCUT2D eigenvalue weighted by atomic mass is 9.98. The van der Waals surface area contributed by atoms with Gasteiger partial charge in [-0.2, -0.15) is 0 Å². The molecular formula is C14H30N2O. The maximum Gasteiger partial charge on any atom is 0.0741 e. The average Bonchev–Trinajstić information content (AvgIpc) is 2.54. The standard InChI is InChI=1S/C14H30N2O/c1-3-13-6-4-9-16(11-7-13)10-5-8-14(2,17)12-15/h13,17H,3-12,15H2,1-2H3. The third-order valence-electron chi connectivity index (χ3n) is 4.15. The van der Waals surface area contributed by atoms with Gasteiger partial charge >= 0.3 is 0 Å². The van der Waals surface area contributed by atoms with E-state index in [1.54, 1.807) is 0 Å². The molecule has 0 aromatic heterocycles. The van der Waals surface area contributed by atoms with E-state index in [0.29, 0.717) is 6.54 Å². The van der Waals surface area contributed by atoms with Crippen molar-refractivity contribution in [2.45, 2.75) is 58.0 Å². The molecule has 17 heavy (non-hydrogen) atoms. The Morgan fingerprint density at radius 2 is 2.12 bits per heavy atom. The summed E-state index contributed by atoms with van der Waals surface area (Å²) in [4.78, 5) is 2.56. The van der Waals surface area contributed by atoms with Crippen molar-refractivity contribution in [3.63, 3.8) is 0 Å². The van der Waals surface area contributed by atoms with Crippen LogP contribution >= 0.6 is 0 Å². The fraction of sp³-hybridized carbons (Fsp3) is 1.00. The monoisotopic (exact) mass is 242 g/mol. The highest BCUT2D eigenvalue weighted by Gasteiger charge is 2.19. The maximum absolute atomic E-state index is 9.84. The van der Waals surface area contributed by atoms with Gasteiger partial charge in [0.05, 0.1) is 5.60 Å². The Morgan fingerprint density at radius 1 is 1.35 bits per heavy atom. The molecule has 0 amide bonds. The molecule has 0 saturated carbocycles. The summed E-state index contributed by atoms with van der Waals surface area (Å²) in [6, 6.07) is 0. The minimum Gasteiger partial charge on any atom is -0.389 e. The van der Waals surface area contributed by atoms with Gasteiger partial charge in [-0.3, -0.25) is 0 Å². The van der Waals surface area contributed by atoms with E-state index in [0.717, 1.165) is 25.3 Å². The lowest BCUT2D eigenvalue weighted by Crippen LogP contribution is -2.35. The zero-order valence-corrected chi connectivity index (χ0v) is 11.6. The van der Waals surface area contributed by atoms with E-state index in [9.17, 15) is 5.11 Å². The van der Waals surface area contributed by atoms with E-state index in [1.807, 2.05) is 6.92 Å². The van der Waals surface area contributed by atoms with Crippen LogP contribution in [-0.2, 0) is 0 Å². The van der Waals surface area contributed by atoms with Crippen LogP contribution < -0.4 is 5.73 Å². The third kappa shape index (κ3) is 5.84. The van der Waals surface area contributed by atoms with E-state index in [2.05, 4.69) is 11.8 Å². The molecule has 0 radical (unpaired) electrons. The minimum absolute atomic E-state index is 0.366. The molecule has 1 fully saturated rings. The van der Waals surface area contributed by atoms with E-state index >= 15 is 0 Å². The number of hydrogen-bond donors (Lipinski definition) is 2. The number of aliphatic hydroxyl groups is 1. The zero-order valence-electron chi connectivity index (χ0n) is 11.6. The van der Waals surface area contributed by atoms with Gasteiger partial charge in [-0.1, -0.05) is 13.3 Å². The zero-order chi connectivity index (χ0) is 12.7. The van der Waals surface area contributed by atoms with Crippen molar-refractivity contribution in [2.75, 3.05) is 26.2 Å². The van der Waals surface area contributed by atoms with Crippen LogP contribution in [-0.4, -0.2) is 41.8 Å². The average molecular weight is 242 g/mol. The molecule has 1 rings (SSSR count). The molecule has 102 valence electrons. The van der Waals surface area contributed by atoms with E-state index in [4.69, 9.17) is 5.73 Å². The van der Waals surface area contributed by atoms with E-state index < -0.39 is 5.60 Å². The maximum atomic E-state index is 9.84.